The molecule has 0 aromatic heterocycles. The number of hydrogen-bond acceptors (Lipinski definition) is 9. The largest absolute Gasteiger partial charge is 0.863 e. The summed E-state index contributed by atoms with van der Waals surface area (Å²) in [5.41, 5.74) is -2.18. The lowest BCUT2D eigenvalue weighted by Crippen LogP contribution is -2.06. The Bertz CT molecular complexity index is 1320. The molecule has 0 unspecified atom stereocenters. The van der Waals surface area contributed by atoms with Crippen LogP contribution in [0.25, 0.3) is 15.7 Å². The smallest absolute Gasteiger partial charge is 0.335 e. The van der Waals surface area contributed by atoms with E-state index >= 15 is 0 Å². The van der Waals surface area contributed by atoms with Crippen molar-refractivity contribution >= 4 is 49.6 Å². The van der Waals surface area contributed by atoms with Crippen LogP contribution in [-0.4, -0.2) is 39.9 Å². The number of carbonyl (C=O) groups excluding carboxylic acids is 1. The Balaban J connectivity index is 0.000000261. The van der Waals surface area contributed by atoms with E-state index in [1.54, 1.807) is 6.08 Å². The predicted octanol–water partition coefficient (Wildman–Crippen LogP) is 4.11. The standard InChI is InChI=1S/C17H19O2S.C6H3N3O7/c1-4-19-17(18)12-16(20(2)3)15-10-9-13-7-5-6-8-14(13)11-15;10-6-4(8(13)14)1-3(7(11)12)2-5(6)9(15)16/h5-12H,4H2,1-3H3;1-2,10H/q+1;/p-1/b16-12+;. The molecule has 3 rings (SSSR count). The van der Waals surface area contributed by atoms with E-state index in [0.717, 1.165) is 10.5 Å². The van der Waals surface area contributed by atoms with Crippen LogP contribution in [0.1, 0.15) is 12.5 Å². The van der Waals surface area contributed by atoms with Crippen molar-refractivity contribution in [2.45, 2.75) is 6.92 Å². The van der Waals surface area contributed by atoms with Crippen molar-refractivity contribution in [3.63, 3.8) is 0 Å². The van der Waals surface area contributed by atoms with Gasteiger partial charge < -0.3 is 9.84 Å². The van der Waals surface area contributed by atoms with Gasteiger partial charge in [-0.25, -0.2) is 4.79 Å². The molecule has 0 fully saturated rings. The third-order valence-electron chi connectivity index (χ3n) is 4.65. The van der Waals surface area contributed by atoms with Gasteiger partial charge in [0.15, 0.2) is 4.91 Å². The summed E-state index contributed by atoms with van der Waals surface area (Å²) in [4.78, 5) is 40.3. The zero-order valence-electron chi connectivity index (χ0n) is 19.4. The average molecular weight is 516 g/mol. The second-order valence-electron chi connectivity index (χ2n) is 7.22. The molecule has 0 radical (unpaired) electrons. The minimum atomic E-state index is -1.46. The van der Waals surface area contributed by atoms with Gasteiger partial charge in [-0.2, -0.15) is 0 Å². The number of rotatable bonds is 7. The zero-order valence-corrected chi connectivity index (χ0v) is 20.2. The molecule has 0 aliphatic rings. The molecule has 0 amide bonds. The average Bonchev–Trinajstić information content (AvgIpc) is 2.82. The van der Waals surface area contributed by atoms with E-state index in [-0.39, 0.29) is 16.9 Å². The molecular formula is C23H21N3O9S. The summed E-state index contributed by atoms with van der Waals surface area (Å²) >= 11 is 0. The summed E-state index contributed by atoms with van der Waals surface area (Å²) in [5.74, 6) is -1.72. The van der Waals surface area contributed by atoms with Crippen molar-refractivity contribution in [1.29, 1.82) is 0 Å². The van der Waals surface area contributed by atoms with Gasteiger partial charge in [-0.15, -0.1) is 0 Å². The zero-order chi connectivity index (χ0) is 27.0. The molecule has 0 N–H and O–H groups in total. The molecule has 13 heteroatoms. The summed E-state index contributed by atoms with van der Waals surface area (Å²) < 4.78 is 5.02. The van der Waals surface area contributed by atoms with Crippen LogP contribution in [0.3, 0.4) is 0 Å². The Hall–Kier alpha value is -4.52. The first-order valence-corrected chi connectivity index (χ1v) is 12.2. The lowest BCUT2D eigenvalue weighted by Gasteiger charge is -2.06. The molecule has 36 heavy (non-hydrogen) atoms. The van der Waals surface area contributed by atoms with E-state index in [2.05, 4.69) is 42.8 Å². The molecule has 0 atom stereocenters. The highest BCUT2D eigenvalue weighted by Gasteiger charge is 2.24. The quantitative estimate of drug-likeness (QED) is 0.147. The number of nitrogens with zero attached hydrogens (tertiary/aromatic N) is 3. The predicted molar refractivity (Wildman–Crippen MR) is 134 cm³/mol. The fourth-order valence-electron chi connectivity index (χ4n) is 3.03. The summed E-state index contributed by atoms with van der Waals surface area (Å²) in [6.07, 6.45) is 5.84. The molecule has 188 valence electrons. The number of hydrogen-bond donors (Lipinski definition) is 0. The Morgan fingerprint density at radius 2 is 1.44 bits per heavy atom. The first kappa shape index (κ1) is 27.7. The molecule has 3 aromatic carbocycles. The van der Waals surface area contributed by atoms with E-state index < -0.39 is 37.6 Å². The monoisotopic (exact) mass is 515 g/mol. The number of ether oxygens (including phenoxy) is 1. The molecule has 12 nitrogen and oxygen atoms in total. The molecule has 0 heterocycles. The Kier molecular flexibility index (Phi) is 9.44. The van der Waals surface area contributed by atoms with Gasteiger partial charge >= 0.3 is 5.97 Å². The second-order valence-corrected chi connectivity index (χ2v) is 9.30. The summed E-state index contributed by atoms with van der Waals surface area (Å²) in [6.45, 7) is 2.22. The van der Waals surface area contributed by atoms with Crippen LogP contribution in [-0.2, 0) is 20.4 Å². The SMILES string of the molecule is CCOC(=O)/C=C(\c1ccc2ccccc2c1)[S+](C)C.O=[N+]([O-])c1cc([N+](=O)[O-])c([O-])c([N+](=O)[O-])c1. The molecule has 0 aliphatic heterocycles. The number of carbonyl (C=O) groups is 1. The van der Waals surface area contributed by atoms with Crippen LogP contribution < -0.4 is 5.11 Å². The number of non-ortho nitro benzene ring substituents is 1. The van der Waals surface area contributed by atoms with Crippen LogP contribution in [0.5, 0.6) is 5.75 Å². The van der Waals surface area contributed by atoms with E-state index in [1.807, 2.05) is 19.1 Å². The van der Waals surface area contributed by atoms with Gasteiger partial charge in [0.05, 0.1) is 45.3 Å². The minimum absolute atomic E-state index is 0.0111. The number of esters is 1. The van der Waals surface area contributed by atoms with Crippen LogP contribution in [0.15, 0.2) is 60.7 Å². The highest BCUT2D eigenvalue weighted by molar-refractivity contribution is 8.04. The van der Waals surface area contributed by atoms with Crippen molar-refractivity contribution in [3.8, 4) is 5.75 Å². The van der Waals surface area contributed by atoms with Gasteiger partial charge in [0, 0.05) is 16.5 Å². The number of nitro groups is 3. The van der Waals surface area contributed by atoms with Crippen molar-refractivity contribution < 1.29 is 29.4 Å². The highest BCUT2D eigenvalue weighted by atomic mass is 32.2. The Morgan fingerprint density at radius 1 is 0.889 bits per heavy atom. The maximum Gasteiger partial charge on any atom is 0.335 e. The third-order valence-corrected chi connectivity index (χ3v) is 5.88. The second kappa shape index (κ2) is 12.3. The fourth-order valence-corrected chi connectivity index (χ4v) is 3.96. The summed E-state index contributed by atoms with van der Waals surface area (Å²) in [7, 11) is -0.0111. The van der Waals surface area contributed by atoms with Crippen LogP contribution in [0.2, 0.25) is 0 Å². The van der Waals surface area contributed by atoms with E-state index in [0.29, 0.717) is 18.7 Å². The first-order chi connectivity index (χ1) is 17.0. The van der Waals surface area contributed by atoms with E-state index in [9.17, 15) is 40.2 Å². The number of benzene rings is 3. The van der Waals surface area contributed by atoms with Crippen LogP contribution in [0, 0.1) is 30.3 Å². The Labute approximate surface area is 207 Å². The first-order valence-electron chi connectivity index (χ1n) is 10.2. The Morgan fingerprint density at radius 3 is 1.92 bits per heavy atom. The molecule has 0 saturated heterocycles. The van der Waals surface area contributed by atoms with Gasteiger partial charge in [-0.1, -0.05) is 30.3 Å². The molecule has 0 bridgehead atoms. The van der Waals surface area contributed by atoms with Crippen LogP contribution >= 0.6 is 0 Å². The van der Waals surface area contributed by atoms with Gasteiger partial charge in [-0.05, 0) is 29.8 Å². The van der Waals surface area contributed by atoms with Gasteiger partial charge in [0.2, 0.25) is 0 Å². The summed E-state index contributed by atoms with van der Waals surface area (Å²) in [6, 6.07) is 15.3. The van der Waals surface area contributed by atoms with Crippen molar-refractivity contribution in [2.75, 3.05) is 19.1 Å². The van der Waals surface area contributed by atoms with Crippen LogP contribution in [0.4, 0.5) is 17.1 Å². The molecular weight excluding hydrogens is 494 g/mol. The van der Waals surface area contributed by atoms with Crippen molar-refractivity contribution in [1.82, 2.24) is 0 Å². The molecule has 0 spiro atoms. The summed E-state index contributed by atoms with van der Waals surface area (Å²) in [5, 5.41) is 44.5. The van der Waals surface area contributed by atoms with Crippen molar-refractivity contribution in [3.05, 3.63) is 96.6 Å². The van der Waals surface area contributed by atoms with Crippen molar-refractivity contribution in [2.24, 2.45) is 0 Å². The highest BCUT2D eigenvalue weighted by Crippen LogP contribution is 2.36. The minimum Gasteiger partial charge on any atom is -0.863 e. The van der Waals surface area contributed by atoms with E-state index in [1.165, 1.54) is 10.8 Å². The maximum atomic E-state index is 11.7. The maximum absolute atomic E-state index is 11.7. The molecule has 3 aromatic rings. The normalized spacial score (nSPS) is 10.9. The van der Waals surface area contributed by atoms with Gasteiger partial charge in [-0.3, -0.25) is 30.3 Å². The van der Waals surface area contributed by atoms with Gasteiger partial charge in [0.1, 0.15) is 12.5 Å². The lowest BCUT2D eigenvalue weighted by atomic mass is 10.1. The van der Waals surface area contributed by atoms with Gasteiger partial charge in [0.25, 0.3) is 17.1 Å². The topological polar surface area (TPSA) is 179 Å². The number of fused-ring (bicyclic) bond motifs is 1. The van der Waals surface area contributed by atoms with E-state index in [4.69, 9.17) is 4.74 Å². The molecule has 0 aliphatic carbocycles. The number of nitro benzene ring substituents is 3. The fraction of sp³-hybridized carbons (Fsp3) is 0.174. The molecule has 0 saturated carbocycles. The lowest BCUT2D eigenvalue weighted by molar-refractivity contribution is -0.420. The third kappa shape index (κ3) is 6.99.